The summed E-state index contributed by atoms with van der Waals surface area (Å²) < 4.78 is 78.6. The van der Waals surface area contributed by atoms with Gasteiger partial charge in [0.15, 0.2) is 5.81 Å². The third kappa shape index (κ3) is 4.24. The van der Waals surface area contributed by atoms with E-state index in [2.05, 4.69) is 5.32 Å². The lowest BCUT2D eigenvalue weighted by atomic mass is 9.73. The highest BCUT2D eigenvalue weighted by atomic mass is 19.4. The van der Waals surface area contributed by atoms with Gasteiger partial charge in [-0.3, -0.25) is 4.79 Å². The molecule has 0 heterocycles. The number of benzene rings is 1. The summed E-state index contributed by atoms with van der Waals surface area (Å²) >= 11 is 0. The number of anilines is 2. The molecule has 138 valence electrons. The van der Waals surface area contributed by atoms with E-state index in [1.54, 1.807) is 5.32 Å². The SMILES string of the molecule is CNc1ccc(NC(=O)BC(C)=O)c(C(O)(C(F)(F)F)C(F)(F)F)c1. The second-order valence-corrected chi connectivity index (χ2v) is 5.14. The minimum atomic E-state index is -6.11. The maximum Gasteiger partial charge on any atom is 0.430 e. The molecule has 0 unspecified atom stereocenters. The molecule has 25 heavy (non-hydrogen) atoms. The van der Waals surface area contributed by atoms with Crippen LogP contribution >= 0.6 is 0 Å². The van der Waals surface area contributed by atoms with Crippen LogP contribution in [0.2, 0.25) is 0 Å². The summed E-state index contributed by atoms with van der Waals surface area (Å²) in [5.41, 5.74) is -8.55. The van der Waals surface area contributed by atoms with Crippen LogP contribution in [0.3, 0.4) is 0 Å². The van der Waals surface area contributed by atoms with E-state index >= 15 is 0 Å². The molecule has 5 nitrogen and oxygen atoms in total. The molecule has 1 aromatic rings. The van der Waals surface area contributed by atoms with Crippen molar-refractivity contribution in [1.82, 2.24) is 0 Å². The van der Waals surface area contributed by atoms with Gasteiger partial charge in [-0.25, -0.2) is 0 Å². The normalized spacial score (nSPS) is 12.5. The van der Waals surface area contributed by atoms with Crippen LogP contribution in [0.1, 0.15) is 12.5 Å². The lowest BCUT2D eigenvalue weighted by molar-refractivity contribution is -0.376. The lowest BCUT2D eigenvalue weighted by Gasteiger charge is -2.34. The monoisotopic (exact) mass is 370 g/mol. The quantitative estimate of drug-likeness (QED) is 0.550. The van der Waals surface area contributed by atoms with Crippen molar-refractivity contribution in [3.8, 4) is 0 Å². The molecule has 0 aliphatic carbocycles. The van der Waals surface area contributed by atoms with Crippen LogP contribution in [0.5, 0.6) is 0 Å². The van der Waals surface area contributed by atoms with Gasteiger partial charge < -0.3 is 20.5 Å². The third-order valence-electron chi connectivity index (χ3n) is 3.20. The van der Waals surface area contributed by atoms with E-state index < -0.39 is 48.0 Å². The molecule has 0 saturated carbocycles. The van der Waals surface area contributed by atoms with Crippen molar-refractivity contribution in [2.24, 2.45) is 0 Å². The Balaban J connectivity index is 3.58. The number of hydrogen-bond acceptors (Lipinski definition) is 4. The molecule has 0 aliphatic heterocycles. The number of amides is 1. The van der Waals surface area contributed by atoms with Gasteiger partial charge in [0.25, 0.3) is 5.60 Å². The molecule has 1 aromatic carbocycles. The predicted octanol–water partition coefficient (Wildman–Crippen LogP) is 2.56. The Hall–Kier alpha value is -2.24. The Morgan fingerprint density at radius 3 is 2.00 bits per heavy atom. The molecule has 0 fully saturated rings. The number of aliphatic hydroxyl groups is 1. The second-order valence-electron chi connectivity index (χ2n) is 5.14. The average molecular weight is 370 g/mol. The standard InChI is InChI=1S/C13H13BF6N2O3/c1-6(23)14-10(24)22-9-4-3-7(21-2)5-8(9)11(25,12(15,16)17)13(18,19)20/h3-5,14,21,25H,1-2H3,(H,22,24). The first-order valence-corrected chi connectivity index (χ1v) is 6.71. The molecule has 12 heteroatoms. The van der Waals surface area contributed by atoms with E-state index in [9.17, 15) is 41.0 Å². The van der Waals surface area contributed by atoms with Gasteiger partial charge in [0.1, 0.15) is 0 Å². The summed E-state index contributed by atoms with van der Waals surface area (Å²) in [4.78, 5) is 22.4. The predicted molar refractivity (Wildman–Crippen MR) is 78.8 cm³/mol. The maximum absolute atomic E-state index is 13.1. The van der Waals surface area contributed by atoms with Gasteiger partial charge in [-0.15, -0.1) is 0 Å². The summed E-state index contributed by atoms with van der Waals surface area (Å²) in [5.74, 6) is -1.11. The molecular weight excluding hydrogens is 357 g/mol. The van der Waals surface area contributed by atoms with Crippen LogP contribution in [0.25, 0.3) is 0 Å². The van der Waals surface area contributed by atoms with E-state index in [1.165, 1.54) is 7.05 Å². The number of carbonyl (C=O) groups excluding carboxylic acids is 2. The molecule has 0 spiro atoms. The van der Waals surface area contributed by atoms with Gasteiger partial charge in [0.05, 0.1) is 5.68 Å². The number of hydrogen-bond donors (Lipinski definition) is 3. The first-order chi connectivity index (χ1) is 11.2. The highest BCUT2D eigenvalue weighted by Crippen LogP contribution is 2.52. The zero-order chi connectivity index (χ0) is 19.6. The van der Waals surface area contributed by atoms with E-state index in [0.717, 1.165) is 19.1 Å². The Labute approximate surface area is 138 Å². The minimum Gasteiger partial charge on any atom is -0.388 e. The molecule has 0 atom stereocenters. The molecule has 3 N–H and O–H groups in total. The van der Waals surface area contributed by atoms with Gasteiger partial charge in [-0.2, -0.15) is 26.3 Å². The number of halogens is 6. The van der Waals surface area contributed by atoms with Crippen LogP contribution in [-0.4, -0.2) is 43.3 Å². The van der Waals surface area contributed by atoms with Gasteiger partial charge in [-0.1, -0.05) is 0 Å². The third-order valence-corrected chi connectivity index (χ3v) is 3.20. The smallest absolute Gasteiger partial charge is 0.388 e. The van der Waals surface area contributed by atoms with Gasteiger partial charge in [0.2, 0.25) is 0 Å². The largest absolute Gasteiger partial charge is 0.430 e. The fraction of sp³-hybridized carbons (Fsp3) is 0.385. The summed E-state index contributed by atoms with van der Waals surface area (Å²) in [6, 6.07) is 2.28. The average Bonchev–Trinajstić information content (AvgIpc) is 2.43. The van der Waals surface area contributed by atoms with Crippen molar-refractivity contribution in [2.75, 3.05) is 17.7 Å². The van der Waals surface area contributed by atoms with Gasteiger partial charge in [0, 0.05) is 24.0 Å². The number of rotatable bonds is 5. The minimum absolute atomic E-state index is 0.161. The topological polar surface area (TPSA) is 78.4 Å². The van der Waals surface area contributed by atoms with Crippen LogP contribution in [0.15, 0.2) is 18.2 Å². The lowest BCUT2D eigenvalue weighted by Crippen LogP contribution is -2.54. The first kappa shape index (κ1) is 20.8. The zero-order valence-electron chi connectivity index (χ0n) is 13.0. The molecular formula is C13H13BF6N2O3. The van der Waals surface area contributed by atoms with E-state index in [0.29, 0.717) is 6.07 Å². The first-order valence-electron chi connectivity index (χ1n) is 6.71. The Bertz CT molecular complexity index is 661. The van der Waals surface area contributed by atoms with Crippen molar-refractivity contribution < 1.29 is 41.0 Å². The summed E-state index contributed by atoms with van der Waals surface area (Å²) in [7, 11) is 0.497. The van der Waals surface area contributed by atoms with Crippen LogP contribution < -0.4 is 10.6 Å². The highest BCUT2D eigenvalue weighted by Gasteiger charge is 2.72. The molecule has 0 saturated heterocycles. The zero-order valence-corrected chi connectivity index (χ0v) is 13.0. The van der Waals surface area contributed by atoms with Crippen molar-refractivity contribution in [1.29, 1.82) is 0 Å². The highest BCUT2D eigenvalue weighted by molar-refractivity contribution is 6.98. The molecule has 1 amide bonds. The van der Waals surface area contributed by atoms with E-state index in [4.69, 9.17) is 0 Å². The Morgan fingerprint density at radius 2 is 1.60 bits per heavy atom. The molecule has 0 radical (unpaired) electrons. The summed E-state index contributed by atoms with van der Waals surface area (Å²) in [6.07, 6.45) is -12.2. The Morgan fingerprint density at radius 1 is 1.08 bits per heavy atom. The van der Waals surface area contributed by atoms with Crippen LogP contribution in [-0.2, 0) is 10.4 Å². The van der Waals surface area contributed by atoms with Gasteiger partial charge >= 0.3 is 19.6 Å². The number of alkyl halides is 6. The Kier molecular flexibility index (Phi) is 5.78. The van der Waals surface area contributed by atoms with Crippen molar-refractivity contribution in [2.45, 2.75) is 24.9 Å². The van der Waals surface area contributed by atoms with Crippen molar-refractivity contribution in [3.63, 3.8) is 0 Å². The van der Waals surface area contributed by atoms with Crippen molar-refractivity contribution >= 4 is 30.1 Å². The molecule has 1 rings (SSSR count). The molecule has 0 aliphatic rings. The molecule has 0 bridgehead atoms. The fourth-order valence-corrected chi connectivity index (χ4v) is 1.99. The van der Waals surface area contributed by atoms with E-state index in [1.807, 2.05) is 0 Å². The van der Waals surface area contributed by atoms with Gasteiger partial charge in [-0.05, 0) is 25.1 Å². The van der Waals surface area contributed by atoms with E-state index in [-0.39, 0.29) is 5.69 Å². The second kappa shape index (κ2) is 6.94. The number of carbonyl (C=O) groups is 2. The maximum atomic E-state index is 13.1. The molecule has 0 aromatic heterocycles. The number of nitrogens with one attached hydrogen (secondary N) is 2. The van der Waals surface area contributed by atoms with Crippen LogP contribution in [0.4, 0.5) is 42.5 Å². The summed E-state index contributed by atoms with van der Waals surface area (Å²) in [6.45, 7) is 1.02. The fourth-order valence-electron chi connectivity index (χ4n) is 1.99. The van der Waals surface area contributed by atoms with Crippen molar-refractivity contribution in [3.05, 3.63) is 23.8 Å². The van der Waals surface area contributed by atoms with Crippen LogP contribution in [0, 0.1) is 0 Å². The summed E-state index contributed by atoms with van der Waals surface area (Å²) in [5, 5.41) is 13.7.